The van der Waals surface area contributed by atoms with Gasteiger partial charge >= 0.3 is 0 Å². The van der Waals surface area contributed by atoms with Gasteiger partial charge in [-0.1, -0.05) is 25.5 Å². The second-order valence-electron chi connectivity index (χ2n) is 4.81. The summed E-state index contributed by atoms with van der Waals surface area (Å²) < 4.78 is 0.943. The van der Waals surface area contributed by atoms with Gasteiger partial charge in [0, 0.05) is 6.42 Å². The first-order chi connectivity index (χ1) is 8.29. The average Bonchev–Trinajstić information content (AvgIpc) is 2.73. The van der Waals surface area contributed by atoms with Gasteiger partial charge < -0.3 is 5.11 Å². The number of rotatable bonds is 8. The van der Waals surface area contributed by atoms with Crippen molar-refractivity contribution in [2.75, 3.05) is 26.2 Å². The van der Waals surface area contributed by atoms with Crippen LogP contribution in [0.3, 0.4) is 0 Å². The van der Waals surface area contributed by atoms with Crippen LogP contribution < -0.4 is 0 Å². The smallest absolute Gasteiger partial charge is 0.183 e. The van der Waals surface area contributed by atoms with Crippen LogP contribution in [0.4, 0.5) is 0 Å². The zero-order valence-electron chi connectivity index (χ0n) is 11.3. The van der Waals surface area contributed by atoms with Crippen molar-refractivity contribution in [2.24, 2.45) is 4.99 Å². The third kappa shape index (κ3) is 3.93. The summed E-state index contributed by atoms with van der Waals surface area (Å²) in [5.41, 5.74) is 0. The maximum Gasteiger partial charge on any atom is 0.183 e. The fourth-order valence-electron chi connectivity index (χ4n) is 2.53. The Labute approximate surface area is 105 Å². The number of hydrogen-bond acceptors (Lipinski definition) is 2. The van der Waals surface area contributed by atoms with Gasteiger partial charge in [-0.3, -0.25) is 4.48 Å². The number of aliphatic hydroxyl groups is 1. The van der Waals surface area contributed by atoms with Crippen LogP contribution in [0.1, 0.15) is 39.5 Å². The summed E-state index contributed by atoms with van der Waals surface area (Å²) in [7, 11) is 0. The number of nitrogens with zero attached hydrogens (tertiary/aromatic N) is 2. The van der Waals surface area contributed by atoms with Crippen LogP contribution in [0.5, 0.6) is 0 Å². The largest absolute Gasteiger partial charge is 0.391 e. The van der Waals surface area contributed by atoms with E-state index in [1.807, 2.05) is 6.21 Å². The molecule has 2 unspecified atom stereocenters. The van der Waals surface area contributed by atoms with E-state index in [0.29, 0.717) is 6.17 Å². The highest BCUT2D eigenvalue weighted by Crippen LogP contribution is 2.22. The number of allylic oxidation sites excluding steroid dienone is 2. The third-order valence-corrected chi connectivity index (χ3v) is 3.74. The average molecular weight is 239 g/mol. The van der Waals surface area contributed by atoms with Gasteiger partial charge in [0.1, 0.15) is 13.1 Å². The fraction of sp³-hybridized carbons (Fsp3) is 0.786. The molecule has 17 heavy (non-hydrogen) atoms. The van der Waals surface area contributed by atoms with Crippen molar-refractivity contribution in [2.45, 2.75) is 45.7 Å². The van der Waals surface area contributed by atoms with Gasteiger partial charge in [-0.15, -0.1) is 0 Å². The molecule has 1 aliphatic rings. The van der Waals surface area contributed by atoms with Crippen molar-refractivity contribution in [3.63, 3.8) is 0 Å². The molecule has 0 radical (unpaired) electrons. The van der Waals surface area contributed by atoms with Crippen LogP contribution in [0, 0.1) is 0 Å². The molecule has 3 heteroatoms. The second kappa shape index (κ2) is 7.62. The lowest BCUT2D eigenvalue weighted by atomic mass is 10.1. The molecule has 2 atom stereocenters. The zero-order valence-corrected chi connectivity index (χ0v) is 11.3. The van der Waals surface area contributed by atoms with Crippen molar-refractivity contribution < 1.29 is 9.59 Å². The van der Waals surface area contributed by atoms with Gasteiger partial charge in [-0.25, -0.2) is 4.99 Å². The quantitative estimate of drug-likeness (QED) is 0.512. The van der Waals surface area contributed by atoms with Gasteiger partial charge in [0.2, 0.25) is 0 Å². The second-order valence-corrected chi connectivity index (χ2v) is 4.81. The molecule has 0 saturated heterocycles. The molecule has 0 saturated carbocycles. The predicted molar refractivity (Wildman–Crippen MR) is 73.2 cm³/mol. The first-order valence-corrected chi connectivity index (χ1v) is 6.92. The topological polar surface area (TPSA) is 32.6 Å². The summed E-state index contributed by atoms with van der Waals surface area (Å²) in [6.07, 6.45) is 11.6. The normalized spacial score (nSPS) is 28.3. The van der Waals surface area contributed by atoms with E-state index >= 15 is 0 Å². The SMILES string of the molecule is CCC/C=C/CCC1N=CC[N+]1(CC)CCO. The van der Waals surface area contributed by atoms with Crippen molar-refractivity contribution in [1.82, 2.24) is 0 Å². The minimum atomic E-state index is 0.263. The highest BCUT2D eigenvalue weighted by Gasteiger charge is 2.36. The van der Waals surface area contributed by atoms with Crippen LogP contribution in [0.2, 0.25) is 0 Å². The summed E-state index contributed by atoms with van der Waals surface area (Å²) in [5.74, 6) is 0. The third-order valence-electron chi connectivity index (χ3n) is 3.74. The monoisotopic (exact) mass is 239 g/mol. The van der Waals surface area contributed by atoms with Gasteiger partial charge in [-0.05, 0) is 19.8 Å². The maximum atomic E-state index is 9.20. The number of unbranched alkanes of at least 4 members (excludes halogenated alkanes) is 1. The molecule has 0 fully saturated rings. The molecular weight excluding hydrogens is 212 g/mol. The first kappa shape index (κ1) is 14.4. The van der Waals surface area contributed by atoms with E-state index in [4.69, 9.17) is 0 Å². The van der Waals surface area contributed by atoms with Crippen molar-refractivity contribution in [3.05, 3.63) is 12.2 Å². The number of likely N-dealkylation sites (N-methyl/N-ethyl adjacent to an activating group) is 1. The lowest BCUT2D eigenvalue weighted by Crippen LogP contribution is -2.53. The minimum Gasteiger partial charge on any atom is -0.391 e. The van der Waals surface area contributed by atoms with Gasteiger partial charge in [0.15, 0.2) is 6.17 Å². The summed E-state index contributed by atoms with van der Waals surface area (Å²) in [6.45, 7) is 7.54. The van der Waals surface area contributed by atoms with Crippen molar-refractivity contribution in [3.8, 4) is 0 Å². The molecule has 98 valence electrons. The Kier molecular flexibility index (Phi) is 6.45. The Bertz CT molecular complexity index is 263. The van der Waals surface area contributed by atoms with Crippen LogP contribution in [-0.2, 0) is 0 Å². The Morgan fingerprint density at radius 3 is 2.76 bits per heavy atom. The molecule has 1 N–H and O–H groups in total. The Hall–Kier alpha value is -0.670. The van der Waals surface area contributed by atoms with Gasteiger partial charge in [0.05, 0.1) is 19.4 Å². The molecule has 0 bridgehead atoms. The number of hydrogen-bond donors (Lipinski definition) is 1. The Morgan fingerprint density at radius 2 is 2.12 bits per heavy atom. The molecule has 0 aliphatic carbocycles. The van der Waals surface area contributed by atoms with E-state index in [1.165, 1.54) is 12.8 Å². The predicted octanol–water partition coefficient (Wildman–Crippen LogP) is 2.36. The van der Waals surface area contributed by atoms with E-state index in [2.05, 4.69) is 31.0 Å². The standard InChI is InChI=1S/C14H27N2O/c1-3-5-6-7-8-9-14-15-10-11-16(14,4-2)12-13-17/h6-7,10,14,17H,3-5,8-9,11-13H2,1-2H3/q+1/b7-6+. The molecule has 1 rings (SSSR count). The summed E-state index contributed by atoms with van der Waals surface area (Å²) in [6, 6.07) is 0. The van der Waals surface area contributed by atoms with E-state index in [1.54, 1.807) is 0 Å². The van der Waals surface area contributed by atoms with Crippen LogP contribution in [0.25, 0.3) is 0 Å². The molecule has 0 amide bonds. The molecular formula is C14H27N2O+. The summed E-state index contributed by atoms with van der Waals surface area (Å²) in [5, 5.41) is 9.20. The number of aliphatic imine (C=N–C) groups is 1. The van der Waals surface area contributed by atoms with E-state index in [9.17, 15) is 5.11 Å². The van der Waals surface area contributed by atoms with Crippen LogP contribution in [0.15, 0.2) is 17.1 Å². The molecule has 1 heterocycles. The molecule has 1 aliphatic heterocycles. The lowest BCUT2D eigenvalue weighted by molar-refractivity contribution is -0.936. The molecule has 0 aromatic carbocycles. The van der Waals surface area contributed by atoms with E-state index < -0.39 is 0 Å². The van der Waals surface area contributed by atoms with Crippen molar-refractivity contribution in [1.29, 1.82) is 0 Å². The molecule has 0 aromatic rings. The molecule has 0 spiro atoms. The highest BCUT2D eigenvalue weighted by molar-refractivity contribution is 5.60. The van der Waals surface area contributed by atoms with Gasteiger partial charge in [0.25, 0.3) is 0 Å². The Morgan fingerprint density at radius 1 is 1.35 bits per heavy atom. The fourth-order valence-corrected chi connectivity index (χ4v) is 2.53. The van der Waals surface area contributed by atoms with Crippen molar-refractivity contribution >= 4 is 6.21 Å². The summed E-state index contributed by atoms with van der Waals surface area (Å²) >= 11 is 0. The lowest BCUT2D eigenvalue weighted by Gasteiger charge is -2.37. The zero-order chi connectivity index (χ0) is 12.6. The summed E-state index contributed by atoms with van der Waals surface area (Å²) in [4.78, 5) is 4.60. The first-order valence-electron chi connectivity index (χ1n) is 6.92. The molecule has 3 nitrogen and oxygen atoms in total. The van der Waals surface area contributed by atoms with Crippen LogP contribution in [-0.4, -0.2) is 48.2 Å². The number of quaternary nitrogens is 1. The maximum absolute atomic E-state index is 9.20. The van der Waals surface area contributed by atoms with E-state index in [0.717, 1.165) is 37.0 Å². The molecule has 0 aromatic heterocycles. The van der Waals surface area contributed by atoms with E-state index in [-0.39, 0.29) is 6.61 Å². The highest BCUT2D eigenvalue weighted by atomic mass is 16.3. The minimum absolute atomic E-state index is 0.263. The number of aliphatic hydroxyl groups excluding tert-OH is 1. The van der Waals surface area contributed by atoms with Crippen LogP contribution >= 0.6 is 0 Å². The Balaban J connectivity index is 2.42. The van der Waals surface area contributed by atoms with Gasteiger partial charge in [-0.2, -0.15) is 0 Å².